The summed E-state index contributed by atoms with van der Waals surface area (Å²) < 4.78 is 26.4. The highest BCUT2D eigenvalue weighted by molar-refractivity contribution is 7.13. The lowest BCUT2D eigenvalue weighted by Gasteiger charge is -2.41. The van der Waals surface area contributed by atoms with E-state index < -0.39 is 23.2 Å². The summed E-state index contributed by atoms with van der Waals surface area (Å²) in [7, 11) is 0. The van der Waals surface area contributed by atoms with Gasteiger partial charge in [-0.05, 0) is 81.3 Å². The fourth-order valence-electron chi connectivity index (χ4n) is 9.09. The molecule has 1 saturated carbocycles. The average molecular weight is 967 g/mol. The molecule has 2 saturated heterocycles. The molecule has 2 aromatic heterocycles. The lowest BCUT2D eigenvalue weighted by Crippen LogP contribution is -2.52. The van der Waals surface area contributed by atoms with Crippen LogP contribution in [-0.4, -0.2) is 113 Å². The van der Waals surface area contributed by atoms with Gasteiger partial charge in [0.15, 0.2) is 16.7 Å². The Balaban J connectivity index is 0.00000648. The number of pyridine rings is 1. The van der Waals surface area contributed by atoms with Crippen molar-refractivity contribution in [3.63, 3.8) is 0 Å². The van der Waals surface area contributed by atoms with Crippen LogP contribution in [0.1, 0.15) is 73.0 Å². The number of imide groups is 1. The van der Waals surface area contributed by atoms with Crippen molar-refractivity contribution in [2.24, 2.45) is 5.41 Å². The summed E-state index contributed by atoms with van der Waals surface area (Å²) >= 11 is 7.50. The molecule has 352 valence electrons. The number of fused-ring (bicyclic) bond motifs is 1. The lowest BCUT2D eigenvalue weighted by molar-refractivity contribution is -0.137. The number of hydrogen-bond acceptors (Lipinski definition) is 13. The van der Waals surface area contributed by atoms with Crippen LogP contribution in [0.25, 0.3) is 0 Å². The van der Waals surface area contributed by atoms with Gasteiger partial charge in [-0.25, -0.2) is 14.4 Å². The number of piperidine rings is 2. The second-order valence-corrected chi connectivity index (χ2v) is 18.3. The molecule has 5 N–H and O–H groups in total. The zero-order chi connectivity index (χ0) is 45.3. The van der Waals surface area contributed by atoms with Crippen LogP contribution in [0, 0.1) is 11.2 Å². The summed E-state index contributed by atoms with van der Waals surface area (Å²) in [5.74, 6) is -1.29. The Kier molecular flexibility index (Phi) is 16.6. The number of thiazole rings is 1. The van der Waals surface area contributed by atoms with Crippen LogP contribution < -0.4 is 31.3 Å². The first-order valence-corrected chi connectivity index (χ1v) is 23.4. The summed E-state index contributed by atoms with van der Waals surface area (Å²) in [6.07, 6.45) is 6.25. The maximum absolute atomic E-state index is 14.7. The molecular formula is C46H54Cl2FN9O7S. The Morgan fingerprint density at radius 1 is 0.985 bits per heavy atom. The van der Waals surface area contributed by atoms with E-state index in [4.69, 9.17) is 26.1 Å². The quantitative estimate of drug-likeness (QED) is 0.0610. The maximum Gasteiger partial charge on any atom is 0.255 e. The molecule has 1 unspecified atom stereocenters. The molecule has 4 aromatic rings. The van der Waals surface area contributed by atoms with E-state index in [9.17, 15) is 28.4 Å². The van der Waals surface area contributed by atoms with Gasteiger partial charge in [0.2, 0.25) is 23.6 Å². The van der Waals surface area contributed by atoms with Crippen LogP contribution in [0.3, 0.4) is 0 Å². The van der Waals surface area contributed by atoms with Crippen molar-refractivity contribution in [1.29, 1.82) is 0 Å². The van der Waals surface area contributed by atoms with Gasteiger partial charge in [-0.2, -0.15) is 0 Å². The van der Waals surface area contributed by atoms with E-state index in [1.54, 1.807) is 36.5 Å². The smallest absolute Gasteiger partial charge is 0.255 e. The SMILES string of the molecule is Cl.O=C1CCC(N2Cc3c(NC(=O)COCCNCCN4CCC(NC(=O)C5(Cc6cccc(Nc7nccs7)n6)CCC(Oc6cccc(Cl)c6F)CC5)CC4)cccc3C2=O)C(=O)N1. The molecule has 2 aromatic carbocycles. The predicted molar refractivity (Wildman–Crippen MR) is 250 cm³/mol. The Morgan fingerprint density at radius 2 is 1.77 bits per heavy atom. The molecule has 5 heterocycles. The number of carbonyl (C=O) groups is 5. The minimum absolute atomic E-state index is 0. The summed E-state index contributed by atoms with van der Waals surface area (Å²) in [5, 5.41) is 17.8. The summed E-state index contributed by atoms with van der Waals surface area (Å²) in [6, 6.07) is 14.9. The number of anilines is 3. The zero-order valence-electron chi connectivity index (χ0n) is 36.3. The van der Waals surface area contributed by atoms with Crippen molar-refractivity contribution in [2.45, 2.75) is 82.5 Å². The van der Waals surface area contributed by atoms with Gasteiger partial charge in [-0.1, -0.05) is 29.8 Å². The Morgan fingerprint density at radius 3 is 2.55 bits per heavy atom. The molecule has 66 heavy (non-hydrogen) atoms. The number of nitrogens with zero attached hydrogens (tertiary/aromatic N) is 4. The summed E-state index contributed by atoms with van der Waals surface area (Å²) in [4.78, 5) is 77.3. The third kappa shape index (κ3) is 12.0. The second-order valence-electron chi connectivity index (χ2n) is 17.0. The van der Waals surface area contributed by atoms with E-state index in [1.807, 2.05) is 23.6 Å². The number of rotatable bonds is 18. The van der Waals surface area contributed by atoms with Crippen molar-refractivity contribution in [2.75, 3.05) is 56.6 Å². The van der Waals surface area contributed by atoms with Crippen LogP contribution in [0.2, 0.25) is 5.02 Å². The molecule has 3 fully saturated rings. The standard InChI is InChI=1S/C46H53ClFN9O7S.ClH/c47-34-6-3-8-37(41(34)48)64-31-12-16-46(17-13-31,26-30-4-1-9-38(51-30)54-45-50-20-25-65-45)44(62)52-29-14-21-56(22-15-29)23-18-49-19-24-63-28-40(59)53-35-7-2-5-32-33(35)27-57(43(32)61)36-10-11-39(58)55-42(36)60;/h1-9,20,25,29,31,36,49H,10-19,21-24,26-28H2,(H,52,62)(H,53,59)(H,50,51,54)(H,55,58,60);1H. The third-order valence-corrected chi connectivity index (χ3v) is 13.6. The van der Waals surface area contributed by atoms with Gasteiger partial charge in [0.1, 0.15) is 18.5 Å². The van der Waals surface area contributed by atoms with Crippen LogP contribution in [0.4, 0.5) is 21.0 Å². The molecule has 5 amide bonds. The largest absolute Gasteiger partial charge is 0.487 e. The van der Waals surface area contributed by atoms with Crippen LogP contribution in [0.5, 0.6) is 5.75 Å². The molecule has 20 heteroatoms. The van der Waals surface area contributed by atoms with E-state index >= 15 is 0 Å². The highest BCUT2D eigenvalue weighted by atomic mass is 35.5. The fraction of sp³-hybridized carbons (Fsp3) is 0.457. The number of nitrogens with one attached hydrogen (secondary N) is 5. The normalized spacial score (nSPS) is 21.1. The highest BCUT2D eigenvalue weighted by Crippen LogP contribution is 2.42. The Hall–Kier alpha value is -5.24. The number of hydrogen-bond donors (Lipinski definition) is 5. The molecule has 3 aliphatic heterocycles. The molecular weight excluding hydrogens is 913 g/mol. The molecule has 1 atom stereocenters. The van der Waals surface area contributed by atoms with Gasteiger partial charge >= 0.3 is 0 Å². The number of ether oxygens (including phenoxy) is 2. The molecule has 0 bridgehead atoms. The molecule has 0 spiro atoms. The van der Waals surface area contributed by atoms with Crippen molar-refractivity contribution in [1.82, 2.24) is 35.7 Å². The summed E-state index contributed by atoms with van der Waals surface area (Å²) in [5.41, 5.74) is 1.62. The number of halogens is 3. The monoisotopic (exact) mass is 965 g/mol. The molecule has 16 nitrogen and oxygen atoms in total. The predicted octanol–water partition coefficient (Wildman–Crippen LogP) is 5.63. The topological polar surface area (TPSA) is 196 Å². The summed E-state index contributed by atoms with van der Waals surface area (Å²) in [6.45, 7) is 4.10. The van der Waals surface area contributed by atoms with Crippen LogP contribution >= 0.6 is 35.3 Å². The van der Waals surface area contributed by atoms with Crippen molar-refractivity contribution in [3.8, 4) is 5.75 Å². The van der Waals surface area contributed by atoms with E-state index in [-0.39, 0.29) is 84.9 Å². The van der Waals surface area contributed by atoms with E-state index in [1.165, 1.54) is 22.3 Å². The minimum atomic E-state index is -0.739. The number of amides is 5. The van der Waals surface area contributed by atoms with Crippen LogP contribution in [0.15, 0.2) is 66.2 Å². The average Bonchev–Trinajstić information content (AvgIpc) is 3.94. The first kappa shape index (κ1) is 48.7. The minimum Gasteiger partial charge on any atom is -0.487 e. The molecule has 8 rings (SSSR count). The lowest BCUT2D eigenvalue weighted by atomic mass is 9.69. The van der Waals surface area contributed by atoms with Crippen LogP contribution in [-0.2, 0) is 36.9 Å². The van der Waals surface area contributed by atoms with Gasteiger partial charge in [0.05, 0.1) is 23.1 Å². The maximum atomic E-state index is 14.7. The fourth-order valence-corrected chi connectivity index (χ4v) is 9.79. The third-order valence-electron chi connectivity index (χ3n) is 12.6. The second kappa shape index (κ2) is 22.5. The number of likely N-dealkylation sites (tertiary alicyclic amines) is 1. The first-order valence-electron chi connectivity index (χ1n) is 22.1. The molecule has 0 radical (unpaired) electrons. The number of benzene rings is 2. The van der Waals surface area contributed by atoms with Gasteiger partial charge in [-0.3, -0.25) is 29.3 Å². The Bertz CT molecular complexity index is 2360. The van der Waals surface area contributed by atoms with E-state index in [2.05, 4.69) is 36.5 Å². The van der Waals surface area contributed by atoms with Gasteiger partial charge in [-0.15, -0.1) is 23.7 Å². The van der Waals surface area contributed by atoms with Gasteiger partial charge in [0, 0.05) is 92.2 Å². The van der Waals surface area contributed by atoms with E-state index in [0.717, 1.165) is 49.8 Å². The first-order chi connectivity index (χ1) is 31.5. The molecule has 1 aliphatic carbocycles. The van der Waals surface area contributed by atoms with Crippen molar-refractivity contribution < 1.29 is 37.8 Å². The zero-order valence-corrected chi connectivity index (χ0v) is 38.7. The number of carbonyl (C=O) groups excluding carboxylic acids is 5. The van der Waals surface area contributed by atoms with E-state index in [0.29, 0.717) is 67.9 Å². The Labute approximate surface area is 397 Å². The highest BCUT2D eigenvalue weighted by Gasteiger charge is 2.44. The van der Waals surface area contributed by atoms with Crippen molar-refractivity contribution >= 4 is 81.5 Å². The molecule has 4 aliphatic rings. The van der Waals surface area contributed by atoms with Gasteiger partial charge < -0.3 is 40.5 Å². The van der Waals surface area contributed by atoms with Gasteiger partial charge in [0.25, 0.3) is 5.91 Å². The number of aromatic nitrogens is 2. The van der Waals surface area contributed by atoms with Crippen molar-refractivity contribution in [3.05, 3.63) is 93.8 Å².